The molecule has 4 nitrogen and oxygen atoms in total. The molecule has 0 amide bonds. The first-order chi connectivity index (χ1) is 15.5. The molecule has 0 radical (unpaired) electrons. The molecule has 1 heterocycles. The fourth-order valence-electron chi connectivity index (χ4n) is 3.92. The number of hydrogen-bond acceptors (Lipinski definition) is 4. The van der Waals surface area contributed by atoms with Crippen LogP contribution in [0.5, 0.6) is 0 Å². The van der Waals surface area contributed by atoms with Gasteiger partial charge in [0.25, 0.3) is 0 Å². The molecule has 0 bridgehead atoms. The molecule has 1 aromatic heterocycles. The van der Waals surface area contributed by atoms with Crippen molar-refractivity contribution >= 4 is 22.4 Å². The average molecular weight is 417 g/mol. The molecule has 5 rings (SSSR count). The fourth-order valence-corrected chi connectivity index (χ4v) is 3.92. The fraction of sp³-hybridized carbons (Fsp3) is 0.0714. The average Bonchev–Trinajstić information content (AvgIpc) is 2.80. The van der Waals surface area contributed by atoms with Crippen molar-refractivity contribution in [2.75, 3.05) is 11.5 Å². The highest BCUT2D eigenvalue weighted by Crippen LogP contribution is 2.37. The van der Waals surface area contributed by atoms with Gasteiger partial charge in [0.2, 0.25) is 0 Å². The van der Waals surface area contributed by atoms with Crippen molar-refractivity contribution in [1.29, 1.82) is 0 Å². The highest BCUT2D eigenvalue weighted by atomic mass is 14.8. The van der Waals surface area contributed by atoms with E-state index >= 15 is 0 Å². The normalized spacial score (nSPS) is 11.1. The van der Waals surface area contributed by atoms with Gasteiger partial charge in [0.15, 0.2) is 0 Å². The Morgan fingerprint density at radius 3 is 1.59 bits per heavy atom. The lowest BCUT2D eigenvalue weighted by molar-refractivity contribution is 1.29. The third-order valence-electron chi connectivity index (χ3n) is 5.72. The molecule has 0 unspecified atom stereocenters. The number of hydrogen-bond donors (Lipinski definition) is 2. The second-order valence-corrected chi connectivity index (χ2v) is 8.17. The summed E-state index contributed by atoms with van der Waals surface area (Å²) in [5.41, 5.74) is 23.3. The zero-order chi connectivity index (χ0) is 22.2. The minimum atomic E-state index is 0.662. The van der Waals surface area contributed by atoms with Crippen LogP contribution in [0.3, 0.4) is 0 Å². The third kappa shape index (κ3) is 3.56. The highest BCUT2D eigenvalue weighted by Gasteiger charge is 2.17. The monoisotopic (exact) mass is 416 g/mol. The molecule has 4 N–H and O–H groups in total. The van der Waals surface area contributed by atoms with Gasteiger partial charge in [0.05, 0.1) is 22.4 Å². The van der Waals surface area contributed by atoms with Crippen LogP contribution in [-0.2, 0) is 0 Å². The van der Waals surface area contributed by atoms with Gasteiger partial charge >= 0.3 is 0 Å². The van der Waals surface area contributed by atoms with E-state index < -0.39 is 0 Å². The predicted molar refractivity (Wildman–Crippen MR) is 134 cm³/mol. The third-order valence-corrected chi connectivity index (χ3v) is 5.72. The molecule has 0 aliphatic heterocycles. The number of anilines is 2. The number of aromatic nitrogens is 2. The number of nitrogen functional groups attached to an aromatic ring is 2. The predicted octanol–water partition coefficient (Wildman–Crippen LogP) is 6.41. The number of aryl methyl sites for hydroxylation is 2. The van der Waals surface area contributed by atoms with Crippen LogP contribution in [0.2, 0.25) is 0 Å². The largest absolute Gasteiger partial charge is 0.399 e. The van der Waals surface area contributed by atoms with Gasteiger partial charge in [-0.15, -0.1) is 0 Å². The summed E-state index contributed by atoms with van der Waals surface area (Å²) in [7, 11) is 0. The summed E-state index contributed by atoms with van der Waals surface area (Å²) >= 11 is 0. The van der Waals surface area contributed by atoms with Gasteiger partial charge in [-0.25, -0.2) is 9.97 Å². The molecule has 0 atom stereocenters. The summed E-state index contributed by atoms with van der Waals surface area (Å²) in [6.07, 6.45) is 0. The van der Waals surface area contributed by atoms with Crippen molar-refractivity contribution in [2.24, 2.45) is 0 Å². The van der Waals surface area contributed by atoms with E-state index in [9.17, 15) is 0 Å². The van der Waals surface area contributed by atoms with E-state index in [0.717, 1.165) is 44.7 Å². The van der Waals surface area contributed by atoms with Crippen molar-refractivity contribution in [3.63, 3.8) is 0 Å². The van der Waals surface area contributed by atoms with Crippen molar-refractivity contribution in [3.8, 4) is 33.6 Å². The number of fused-ring (bicyclic) bond motifs is 1. The first kappa shape index (κ1) is 19.8. The lowest BCUT2D eigenvalue weighted by atomic mass is 9.98. The van der Waals surface area contributed by atoms with Crippen molar-refractivity contribution in [3.05, 3.63) is 96.1 Å². The van der Waals surface area contributed by atoms with E-state index in [1.54, 1.807) is 0 Å². The summed E-state index contributed by atoms with van der Waals surface area (Å²) in [6.45, 7) is 4.16. The van der Waals surface area contributed by atoms with Crippen molar-refractivity contribution in [2.45, 2.75) is 13.8 Å². The minimum absolute atomic E-state index is 0.662. The van der Waals surface area contributed by atoms with E-state index in [1.165, 1.54) is 11.1 Å². The van der Waals surface area contributed by atoms with E-state index in [1.807, 2.05) is 36.4 Å². The molecule has 0 saturated carbocycles. The van der Waals surface area contributed by atoms with E-state index in [0.29, 0.717) is 11.4 Å². The number of nitrogens with zero attached hydrogens (tertiary/aromatic N) is 2. The van der Waals surface area contributed by atoms with Gasteiger partial charge in [-0.1, -0.05) is 71.8 Å². The van der Waals surface area contributed by atoms with Crippen LogP contribution in [0.4, 0.5) is 11.4 Å². The summed E-state index contributed by atoms with van der Waals surface area (Å²) in [4.78, 5) is 10.2. The Morgan fingerprint density at radius 1 is 0.531 bits per heavy atom. The minimum Gasteiger partial charge on any atom is -0.399 e. The Morgan fingerprint density at radius 2 is 1.03 bits per heavy atom. The topological polar surface area (TPSA) is 77.8 Å². The Labute approximate surface area is 187 Å². The maximum absolute atomic E-state index is 6.43. The molecule has 32 heavy (non-hydrogen) atoms. The standard InChI is InChI=1S/C28H24N4/c1-17-3-7-20(8-4-17)26-27(21-9-5-18(2)6-10-21)32-28-24(31-26)16-15-23(30)25(28)19-11-13-22(29)14-12-19/h3-16H,29-30H2,1-2H3. The van der Waals surface area contributed by atoms with Crippen LogP contribution < -0.4 is 11.5 Å². The van der Waals surface area contributed by atoms with Crippen LogP contribution in [0.25, 0.3) is 44.7 Å². The second kappa shape index (κ2) is 7.82. The Bertz CT molecular complexity index is 1420. The summed E-state index contributed by atoms with van der Waals surface area (Å²) in [5.74, 6) is 0. The van der Waals surface area contributed by atoms with Gasteiger partial charge in [0.1, 0.15) is 0 Å². The lowest BCUT2D eigenvalue weighted by Gasteiger charge is -2.15. The molecule has 0 aliphatic rings. The molecular formula is C28H24N4. The zero-order valence-electron chi connectivity index (χ0n) is 18.1. The van der Waals surface area contributed by atoms with E-state index in [-0.39, 0.29) is 0 Å². The first-order valence-corrected chi connectivity index (χ1v) is 10.6. The zero-order valence-corrected chi connectivity index (χ0v) is 18.1. The van der Waals surface area contributed by atoms with Gasteiger partial charge in [0, 0.05) is 28.1 Å². The van der Waals surface area contributed by atoms with E-state index in [4.69, 9.17) is 21.4 Å². The Hall–Kier alpha value is -4.18. The molecule has 4 aromatic carbocycles. The molecule has 0 spiro atoms. The van der Waals surface area contributed by atoms with Gasteiger partial charge < -0.3 is 11.5 Å². The molecule has 5 aromatic rings. The SMILES string of the molecule is Cc1ccc(-c2nc3ccc(N)c(-c4ccc(N)cc4)c3nc2-c2ccc(C)cc2)cc1. The van der Waals surface area contributed by atoms with Crippen LogP contribution >= 0.6 is 0 Å². The maximum atomic E-state index is 6.43. The Balaban J connectivity index is 1.83. The Kier molecular flexibility index (Phi) is 4.83. The van der Waals surface area contributed by atoms with Gasteiger partial charge in [-0.05, 0) is 43.7 Å². The lowest BCUT2D eigenvalue weighted by Crippen LogP contribution is -2.00. The summed E-state index contributed by atoms with van der Waals surface area (Å²) in [5, 5.41) is 0. The molecule has 0 aliphatic carbocycles. The maximum Gasteiger partial charge on any atom is 0.0993 e. The first-order valence-electron chi connectivity index (χ1n) is 10.6. The summed E-state index contributed by atoms with van der Waals surface area (Å²) in [6, 6.07) is 28.3. The molecule has 0 saturated heterocycles. The quantitative estimate of drug-likeness (QED) is 0.333. The van der Waals surface area contributed by atoms with Crippen molar-refractivity contribution < 1.29 is 0 Å². The molecule has 4 heteroatoms. The number of rotatable bonds is 3. The van der Waals surface area contributed by atoms with E-state index in [2.05, 4.69) is 62.4 Å². The number of nitrogens with two attached hydrogens (primary N) is 2. The molecule has 156 valence electrons. The number of benzene rings is 4. The summed E-state index contributed by atoms with van der Waals surface area (Å²) < 4.78 is 0. The van der Waals surface area contributed by atoms with Gasteiger partial charge in [-0.3, -0.25) is 0 Å². The second-order valence-electron chi connectivity index (χ2n) is 8.17. The van der Waals surface area contributed by atoms with Crippen LogP contribution in [0.15, 0.2) is 84.9 Å². The van der Waals surface area contributed by atoms with Crippen LogP contribution in [0.1, 0.15) is 11.1 Å². The van der Waals surface area contributed by atoms with Crippen LogP contribution in [0, 0.1) is 13.8 Å². The molecule has 0 fully saturated rings. The van der Waals surface area contributed by atoms with Crippen LogP contribution in [-0.4, -0.2) is 9.97 Å². The highest BCUT2D eigenvalue weighted by molar-refractivity contribution is 6.00. The molecular weight excluding hydrogens is 392 g/mol. The smallest absolute Gasteiger partial charge is 0.0993 e. The van der Waals surface area contributed by atoms with Gasteiger partial charge in [-0.2, -0.15) is 0 Å². The van der Waals surface area contributed by atoms with Crippen molar-refractivity contribution in [1.82, 2.24) is 9.97 Å².